The Morgan fingerprint density at radius 3 is 2.50 bits per heavy atom. The van der Waals surface area contributed by atoms with Crippen LogP contribution in [0.15, 0.2) is 40.9 Å². The van der Waals surface area contributed by atoms with Crippen molar-refractivity contribution in [3.05, 3.63) is 46.4 Å². The summed E-state index contributed by atoms with van der Waals surface area (Å²) in [5.74, 6) is -0.893. The predicted octanol–water partition coefficient (Wildman–Crippen LogP) is 4.14. The van der Waals surface area contributed by atoms with E-state index in [4.69, 9.17) is 5.11 Å². The van der Waals surface area contributed by atoms with Crippen molar-refractivity contribution in [1.29, 1.82) is 0 Å². The van der Waals surface area contributed by atoms with Crippen LogP contribution >= 0.6 is 15.9 Å². The van der Waals surface area contributed by atoms with Gasteiger partial charge in [0, 0.05) is 10.9 Å². The molecule has 3 nitrogen and oxygen atoms in total. The van der Waals surface area contributed by atoms with Crippen LogP contribution in [0.2, 0.25) is 0 Å². The van der Waals surface area contributed by atoms with Gasteiger partial charge in [-0.15, -0.1) is 0 Å². The number of aliphatic hydroxyl groups excluding tert-OH is 1. The van der Waals surface area contributed by atoms with Crippen LogP contribution in [-0.2, 0) is 4.79 Å². The number of carboxylic acids is 1. The van der Waals surface area contributed by atoms with Gasteiger partial charge < -0.3 is 10.2 Å². The Hall–Kier alpha value is -1.39. The second kappa shape index (κ2) is 6.37. The molecular formula is C16H17BrO3. The number of aliphatic hydroxyl groups is 1. The van der Waals surface area contributed by atoms with Gasteiger partial charge >= 0.3 is 5.97 Å². The van der Waals surface area contributed by atoms with Crippen LogP contribution in [0, 0.1) is 5.92 Å². The second-order valence-corrected chi connectivity index (χ2v) is 5.99. The maximum atomic E-state index is 10.7. The van der Waals surface area contributed by atoms with E-state index in [1.807, 2.05) is 43.3 Å². The highest BCUT2D eigenvalue weighted by molar-refractivity contribution is 9.10. The Labute approximate surface area is 126 Å². The number of hydrogen-bond acceptors (Lipinski definition) is 2. The molecule has 2 atom stereocenters. The molecular weight excluding hydrogens is 320 g/mol. The monoisotopic (exact) mass is 336 g/mol. The van der Waals surface area contributed by atoms with Gasteiger partial charge in [-0.2, -0.15) is 0 Å². The predicted molar refractivity (Wildman–Crippen MR) is 82.6 cm³/mol. The lowest BCUT2D eigenvalue weighted by Crippen LogP contribution is -2.09. The van der Waals surface area contributed by atoms with E-state index >= 15 is 0 Å². The lowest BCUT2D eigenvalue weighted by Gasteiger charge is -2.17. The highest BCUT2D eigenvalue weighted by atomic mass is 79.9. The van der Waals surface area contributed by atoms with E-state index in [0.717, 1.165) is 20.8 Å². The standard InChI is InChI=1S/C16H17BrO3/c1-10(9-16(19)20)8-15(18)13-6-7-14(17)12-5-3-2-4-11(12)13/h2-7,10,15,18H,8-9H2,1H3,(H,19,20). The first-order chi connectivity index (χ1) is 9.49. The van der Waals surface area contributed by atoms with Crippen LogP contribution in [0.25, 0.3) is 10.8 Å². The smallest absolute Gasteiger partial charge is 0.303 e. The first-order valence-corrected chi connectivity index (χ1v) is 7.35. The summed E-state index contributed by atoms with van der Waals surface area (Å²) in [7, 11) is 0. The lowest BCUT2D eigenvalue weighted by molar-refractivity contribution is -0.138. The van der Waals surface area contributed by atoms with Crippen molar-refractivity contribution in [3.8, 4) is 0 Å². The molecule has 0 fully saturated rings. The van der Waals surface area contributed by atoms with E-state index in [1.165, 1.54) is 0 Å². The lowest BCUT2D eigenvalue weighted by atomic mass is 9.93. The molecule has 4 heteroatoms. The van der Waals surface area contributed by atoms with Crippen molar-refractivity contribution in [1.82, 2.24) is 0 Å². The summed E-state index contributed by atoms with van der Waals surface area (Å²) in [5, 5.41) is 21.2. The Bertz CT molecular complexity index is 624. The molecule has 0 saturated heterocycles. The highest BCUT2D eigenvalue weighted by Gasteiger charge is 2.17. The molecule has 0 spiro atoms. The van der Waals surface area contributed by atoms with Crippen LogP contribution in [0.1, 0.15) is 31.4 Å². The van der Waals surface area contributed by atoms with E-state index in [1.54, 1.807) is 0 Å². The summed E-state index contributed by atoms with van der Waals surface area (Å²) < 4.78 is 0.989. The van der Waals surface area contributed by atoms with Crippen molar-refractivity contribution in [2.45, 2.75) is 25.9 Å². The number of halogens is 1. The van der Waals surface area contributed by atoms with E-state index < -0.39 is 12.1 Å². The molecule has 0 saturated carbocycles. The van der Waals surface area contributed by atoms with Crippen LogP contribution in [-0.4, -0.2) is 16.2 Å². The molecule has 0 aliphatic rings. The maximum Gasteiger partial charge on any atom is 0.303 e. The van der Waals surface area contributed by atoms with Crippen molar-refractivity contribution in [2.24, 2.45) is 5.92 Å². The van der Waals surface area contributed by atoms with Gasteiger partial charge in [0.1, 0.15) is 0 Å². The van der Waals surface area contributed by atoms with Gasteiger partial charge in [0.15, 0.2) is 0 Å². The fraction of sp³-hybridized carbons (Fsp3) is 0.312. The highest BCUT2D eigenvalue weighted by Crippen LogP contribution is 2.32. The zero-order chi connectivity index (χ0) is 14.7. The summed E-state index contributed by atoms with van der Waals surface area (Å²) >= 11 is 3.50. The number of fused-ring (bicyclic) bond motifs is 1. The Kier molecular flexibility index (Phi) is 4.78. The average molecular weight is 337 g/mol. The van der Waals surface area contributed by atoms with E-state index in [0.29, 0.717) is 6.42 Å². The van der Waals surface area contributed by atoms with E-state index in [9.17, 15) is 9.90 Å². The van der Waals surface area contributed by atoms with E-state index in [2.05, 4.69) is 15.9 Å². The molecule has 2 aromatic carbocycles. The fourth-order valence-corrected chi connectivity index (χ4v) is 2.94. The Balaban J connectivity index is 2.28. The van der Waals surface area contributed by atoms with Gasteiger partial charge in [-0.25, -0.2) is 0 Å². The molecule has 2 aromatic rings. The van der Waals surface area contributed by atoms with Gasteiger partial charge in [0.05, 0.1) is 6.10 Å². The molecule has 0 bridgehead atoms. The maximum absolute atomic E-state index is 10.7. The molecule has 106 valence electrons. The van der Waals surface area contributed by atoms with E-state index in [-0.39, 0.29) is 12.3 Å². The summed E-state index contributed by atoms with van der Waals surface area (Å²) in [6, 6.07) is 11.7. The minimum absolute atomic E-state index is 0.0649. The molecule has 0 aliphatic carbocycles. The Morgan fingerprint density at radius 1 is 1.20 bits per heavy atom. The number of carboxylic acid groups (broad SMARTS) is 1. The van der Waals surface area contributed by atoms with Gasteiger partial charge in [-0.1, -0.05) is 53.2 Å². The zero-order valence-electron chi connectivity index (χ0n) is 11.2. The SMILES string of the molecule is CC(CC(=O)O)CC(O)c1ccc(Br)c2ccccc12. The summed E-state index contributed by atoms with van der Waals surface area (Å²) in [6.07, 6.45) is -0.133. The first-order valence-electron chi connectivity index (χ1n) is 6.56. The number of aliphatic carboxylic acids is 1. The van der Waals surface area contributed by atoms with Crippen molar-refractivity contribution in [2.75, 3.05) is 0 Å². The Morgan fingerprint density at radius 2 is 1.85 bits per heavy atom. The molecule has 0 amide bonds. The normalized spacial score (nSPS) is 14.2. The minimum atomic E-state index is -0.828. The van der Waals surface area contributed by atoms with Crippen molar-refractivity contribution < 1.29 is 15.0 Å². The summed E-state index contributed by atoms with van der Waals surface area (Å²) in [6.45, 7) is 1.85. The molecule has 0 aliphatic heterocycles. The largest absolute Gasteiger partial charge is 0.481 e. The molecule has 2 unspecified atom stereocenters. The zero-order valence-corrected chi connectivity index (χ0v) is 12.8. The third kappa shape index (κ3) is 3.38. The van der Waals surface area contributed by atoms with Crippen LogP contribution < -0.4 is 0 Å². The number of hydrogen-bond donors (Lipinski definition) is 2. The summed E-state index contributed by atoms with van der Waals surface area (Å²) in [5.41, 5.74) is 0.848. The molecule has 2 rings (SSSR count). The molecule has 2 N–H and O–H groups in total. The molecule has 0 aromatic heterocycles. The van der Waals surface area contributed by atoms with Gasteiger partial charge in [-0.05, 0) is 34.7 Å². The number of carbonyl (C=O) groups is 1. The molecule has 0 heterocycles. The molecule has 20 heavy (non-hydrogen) atoms. The third-order valence-corrected chi connectivity index (χ3v) is 4.10. The first kappa shape index (κ1) is 15.0. The topological polar surface area (TPSA) is 57.5 Å². The number of rotatable bonds is 5. The van der Waals surface area contributed by atoms with Gasteiger partial charge in [-0.3, -0.25) is 4.79 Å². The fourth-order valence-electron chi connectivity index (χ4n) is 2.47. The average Bonchev–Trinajstić information content (AvgIpc) is 2.38. The van der Waals surface area contributed by atoms with Crippen LogP contribution in [0.5, 0.6) is 0 Å². The quantitative estimate of drug-likeness (QED) is 0.862. The van der Waals surface area contributed by atoms with Crippen molar-refractivity contribution >= 4 is 32.7 Å². The van der Waals surface area contributed by atoms with Crippen LogP contribution in [0.4, 0.5) is 0 Å². The van der Waals surface area contributed by atoms with Crippen molar-refractivity contribution in [3.63, 3.8) is 0 Å². The third-order valence-electron chi connectivity index (χ3n) is 3.41. The second-order valence-electron chi connectivity index (χ2n) is 5.14. The van der Waals surface area contributed by atoms with Gasteiger partial charge in [0.2, 0.25) is 0 Å². The van der Waals surface area contributed by atoms with Gasteiger partial charge in [0.25, 0.3) is 0 Å². The number of benzene rings is 2. The summed E-state index contributed by atoms with van der Waals surface area (Å²) in [4.78, 5) is 10.7. The molecule has 0 radical (unpaired) electrons. The minimum Gasteiger partial charge on any atom is -0.481 e. The van der Waals surface area contributed by atoms with Crippen LogP contribution in [0.3, 0.4) is 0 Å².